The van der Waals surface area contributed by atoms with Gasteiger partial charge in [0, 0.05) is 29.4 Å². The standard InChI is InChI=1S/C23H21F4N5O3/c24-18-10-9-16(12-20(18)32(33)34)28-21-13-19(14-5-4-8-17(11-14)35-23(25,26)27)30-22(31-21)29-15-6-2-1-3-7-15/h4-5,8-13,15H,1-3,6-7H2,(H2,28,29,30,31). The van der Waals surface area contributed by atoms with E-state index in [1.54, 1.807) is 6.07 Å². The molecule has 184 valence electrons. The summed E-state index contributed by atoms with van der Waals surface area (Å²) in [4.78, 5) is 19.1. The largest absolute Gasteiger partial charge is 0.573 e. The Hall–Kier alpha value is -3.96. The summed E-state index contributed by atoms with van der Waals surface area (Å²) in [5, 5.41) is 17.2. The van der Waals surface area contributed by atoms with Gasteiger partial charge in [-0.05, 0) is 37.1 Å². The molecule has 0 spiro atoms. The zero-order valence-corrected chi connectivity index (χ0v) is 18.3. The average molecular weight is 491 g/mol. The SMILES string of the molecule is O=[N+]([O-])c1cc(Nc2cc(-c3cccc(OC(F)(F)F)c3)nc(NC3CCCCC3)n2)ccc1F. The lowest BCUT2D eigenvalue weighted by Crippen LogP contribution is -2.23. The van der Waals surface area contributed by atoms with Crippen molar-refractivity contribution in [2.75, 3.05) is 10.6 Å². The summed E-state index contributed by atoms with van der Waals surface area (Å²) in [6, 6.07) is 10.3. The maximum Gasteiger partial charge on any atom is 0.573 e. The number of benzene rings is 2. The number of nitrogens with zero attached hydrogens (tertiary/aromatic N) is 3. The lowest BCUT2D eigenvalue weighted by Gasteiger charge is -2.23. The second-order valence-electron chi connectivity index (χ2n) is 8.07. The quantitative estimate of drug-likeness (QED) is 0.219. The van der Waals surface area contributed by atoms with E-state index in [9.17, 15) is 27.7 Å². The maximum atomic E-state index is 13.7. The first-order valence-corrected chi connectivity index (χ1v) is 10.9. The highest BCUT2D eigenvalue weighted by molar-refractivity contribution is 5.69. The van der Waals surface area contributed by atoms with Gasteiger partial charge in [-0.25, -0.2) is 4.98 Å². The summed E-state index contributed by atoms with van der Waals surface area (Å²) in [6.07, 6.45) is 0.255. The summed E-state index contributed by atoms with van der Waals surface area (Å²) in [7, 11) is 0. The van der Waals surface area contributed by atoms with Crippen LogP contribution >= 0.6 is 0 Å². The maximum absolute atomic E-state index is 13.7. The van der Waals surface area contributed by atoms with Gasteiger partial charge in [0.1, 0.15) is 11.6 Å². The number of rotatable bonds is 7. The summed E-state index contributed by atoms with van der Waals surface area (Å²) < 4.78 is 55.8. The number of hydrogen-bond donors (Lipinski definition) is 2. The topological polar surface area (TPSA) is 102 Å². The van der Waals surface area contributed by atoms with E-state index < -0.39 is 28.5 Å². The van der Waals surface area contributed by atoms with E-state index in [1.165, 1.54) is 30.3 Å². The Balaban J connectivity index is 1.69. The van der Waals surface area contributed by atoms with Crippen LogP contribution in [0.2, 0.25) is 0 Å². The number of nitro groups is 1. The number of nitrogens with one attached hydrogen (secondary N) is 2. The minimum absolute atomic E-state index is 0.138. The van der Waals surface area contributed by atoms with E-state index in [4.69, 9.17) is 0 Å². The molecule has 2 N–H and O–H groups in total. The van der Waals surface area contributed by atoms with Crippen molar-refractivity contribution in [3.05, 3.63) is 64.5 Å². The lowest BCUT2D eigenvalue weighted by molar-refractivity contribution is -0.387. The number of alkyl halides is 3. The molecular weight excluding hydrogens is 470 g/mol. The van der Waals surface area contributed by atoms with Gasteiger partial charge in [-0.15, -0.1) is 13.2 Å². The molecule has 1 aromatic heterocycles. The molecule has 1 fully saturated rings. The molecular formula is C23H21F4N5O3. The zero-order chi connectivity index (χ0) is 25.0. The summed E-state index contributed by atoms with van der Waals surface area (Å²) in [6.45, 7) is 0. The second-order valence-corrected chi connectivity index (χ2v) is 8.07. The van der Waals surface area contributed by atoms with E-state index in [-0.39, 0.29) is 23.5 Å². The number of nitro benzene ring substituents is 1. The van der Waals surface area contributed by atoms with Gasteiger partial charge in [0.05, 0.1) is 10.6 Å². The van der Waals surface area contributed by atoms with Gasteiger partial charge in [-0.3, -0.25) is 10.1 Å². The number of anilines is 3. The number of hydrogen-bond acceptors (Lipinski definition) is 7. The summed E-state index contributed by atoms with van der Waals surface area (Å²) in [5.74, 6) is -0.920. The van der Waals surface area contributed by atoms with E-state index in [0.717, 1.165) is 44.2 Å². The lowest BCUT2D eigenvalue weighted by atomic mass is 9.96. The van der Waals surface area contributed by atoms with Gasteiger partial charge in [0.2, 0.25) is 11.8 Å². The third-order valence-electron chi connectivity index (χ3n) is 5.44. The minimum Gasteiger partial charge on any atom is -0.406 e. The Labute approximate surface area is 197 Å². The van der Waals surface area contributed by atoms with Gasteiger partial charge in [-0.2, -0.15) is 9.37 Å². The van der Waals surface area contributed by atoms with Crippen LogP contribution in [0.4, 0.5) is 40.7 Å². The average Bonchev–Trinajstić information content (AvgIpc) is 2.80. The van der Waals surface area contributed by atoms with Gasteiger partial charge < -0.3 is 15.4 Å². The minimum atomic E-state index is -4.85. The molecule has 1 aliphatic rings. The van der Waals surface area contributed by atoms with Gasteiger partial charge in [0.15, 0.2) is 0 Å². The fraction of sp³-hybridized carbons (Fsp3) is 0.304. The third kappa shape index (κ3) is 6.55. The fourth-order valence-electron chi connectivity index (χ4n) is 3.88. The molecule has 4 rings (SSSR count). The van der Waals surface area contributed by atoms with Crippen molar-refractivity contribution in [2.45, 2.75) is 44.5 Å². The van der Waals surface area contributed by atoms with Crippen molar-refractivity contribution in [1.82, 2.24) is 9.97 Å². The Kier molecular flexibility index (Phi) is 6.99. The molecule has 0 bridgehead atoms. The van der Waals surface area contributed by atoms with Crippen LogP contribution in [0.5, 0.6) is 5.75 Å². The van der Waals surface area contributed by atoms with Crippen molar-refractivity contribution in [3.8, 4) is 17.0 Å². The van der Waals surface area contributed by atoms with Crippen molar-refractivity contribution < 1.29 is 27.2 Å². The Morgan fingerprint density at radius 3 is 2.51 bits per heavy atom. The predicted molar refractivity (Wildman–Crippen MR) is 121 cm³/mol. The molecule has 1 aliphatic carbocycles. The predicted octanol–water partition coefficient (Wildman–Crippen LogP) is 6.58. The van der Waals surface area contributed by atoms with Crippen LogP contribution in [0.1, 0.15) is 32.1 Å². The number of ether oxygens (including phenoxy) is 1. The summed E-state index contributed by atoms with van der Waals surface area (Å²) >= 11 is 0. The fourth-order valence-corrected chi connectivity index (χ4v) is 3.88. The van der Waals surface area contributed by atoms with E-state index in [0.29, 0.717) is 11.3 Å². The van der Waals surface area contributed by atoms with Gasteiger partial charge in [0.25, 0.3) is 0 Å². The van der Waals surface area contributed by atoms with Gasteiger partial charge in [-0.1, -0.05) is 31.4 Å². The highest BCUT2D eigenvalue weighted by atomic mass is 19.4. The molecule has 2 aromatic carbocycles. The Morgan fingerprint density at radius 2 is 1.80 bits per heavy atom. The Bertz CT molecular complexity index is 1220. The van der Waals surface area contributed by atoms with Crippen molar-refractivity contribution >= 4 is 23.1 Å². The van der Waals surface area contributed by atoms with E-state index in [2.05, 4.69) is 25.3 Å². The van der Waals surface area contributed by atoms with Crippen LogP contribution < -0.4 is 15.4 Å². The normalized spacial score (nSPS) is 14.4. The molecule has 12 heteroatoms. The zero-order valence-electron chi connectivity index (χ0n) is 18.3. The van der Waals surface area contributed by atoms with Crippen LogP contribution in [0.3, 0.4) is 0 Å². The van der Waals surface area contributed by atoms with Crippen molar-refractivity contribution in [2.24, 2.45) is 0 Å². The first kappa shape index (κ1) is 24.2. The summed E-state index contributed by atoms with van der Waals surface area (Å²) in [5.41, 5.74) is 0.140. The van der Waals surface area contributed by atoms with Crippen LogP contribution in [0, 0.1) is 15.9 Å². The number of halogens is 4. The number of aromatic nitrogens is 2. The van der Waals surface area contributed by atoms with Crippen LogP contribution in [-0.2, 0) is 0 Å². The molecule has 1 saturated carbocycles. The van der Waals surface area contributed by atoms with Crippen molar-refractivity contribution in [1.29, 1.82) is 0 Å². The highest BCUT2D eigenvalue weighted by Crippen LogP contribution is 2.31. The van der Waals surface area contributed by atoms with Crippen LogP contribution in [0.15, 0.2) is 48.5 Å². The van der Waals surface area contributed by atoms with E-state index >= 15 is 0 Å². The smallest absolute Gasteiger partial charge is 0.406 e. The van der Waals surface area contributed by atoms with Crippen LogP contribution in [-0.4, -0.2) is 27.3 Å². The second kappa shape index (κ2) is 10.1. The molecule has 0 aliphatic heterocycles. The first-order valence-electron chi connectivity index (χ1n) is 10.9. The molecule has 0 atom stereocenters. The molecule has 0 unspecified atom stereocenters. The van der Waals surface area contributed by atoms with Crippen molar-refractivity contribution in [3.63, 3.8) is 0 Å². The third-order valence-corrected chi connectivity index (χ3v) is 5.44. The molecule has 0 amide bonds. The molecule has 1 heterocycles. The molecule has 0 saturated heterocycles. The Morgan fingerprint density at radius 1 is 1.03 bits per heavy atom. The monoisotopic (exact) mass is 491 g/mol. The highest BCUT2D eigenvalue weighted by Gasteiger charge is 2.31. The van der Waals surface area contributed by atoms with Gasteiger partial charge >= 0.3 is 12.0 Å². The van der Waals surface area contributed by atoms with Crippen LogP contribution in [0.25, 0.3) is 11.3 Å². The first-order chi connectivity index (χ1) is 16.7. The molecule has 0 radical (unpaired) electrons. The van der Waals surface area contributed by atoms with E-state index in [1.807, 2.05) is 0 Å². The molecule has 8 nitrogen and oxygen atoms in total. The molecule has 35 heavy (non-hydrogen) atoms. The molecule has 3 aromatic rings.